The minimum atomic E-state index is -0.0796. The quantitative estimate of drug-likeness (QED) is 0.482. The summed E-state index contributed by atoms with van der Waals surface area (Å²) in [5.41, 5.74) is -0.0796. The first kappa shape index (κ1) is 17.4. The van der Waals surface area contributed by atoms with Crippen LogP contribution in [0.25, 0.3) is 0 Å². The molecule has 0 aromatic carbocycles. The summed E-state index contributed by atoms with van der Waals surface area (Å²) in [7, 11) is 0. The number of rotatable bonds is 9. The molecule has 1 unspecified atom stereocenters. The Kier molecular flexibility index (Phi) is 8.15. The number of nitrogens with zero attached hydrogens (tertiary/aromatic N) is 1. The average molecular weight is 285 g/mol. The van der Waals surface area contributed by atoms with Gasteiger partial charge in [0.15, 0.2) is 0 Å². The summed E-state index contributed by atoms with van der Waals surface area (Å²) in [5.74, 6) is -0.0722. The number of unbranched alkanes of at least 4 members (excludes halogenated alkanes) is 3. The monoisotopic (exact) mass is 285 g/mol. The Labute approximate surface area is 123 Å². The molecule has 0 saturated carbocycles. The van der Waals surface area contributed by atoms with Crippen molar-refractivity contribution >= 4 is 5.97 Å². The fourth-order valence-electron chi connectivity index (χ4n) is 2.92. The van der Waals surface area contributed by atoms with Crippen LogP contribution in [0.5, 0.6) is 0 Å². The van der Waals surface area contributed by atoms with E-state index < -0.39 is 0 Å². The van der Waals surface area contributed by atoms with E-state index in [9.17, 15) is 4.79 Å². The summed E-state index contributed by atoms with van der Waals surface area (Å²) in [6.45, 7) is 10.1. The lowest BCUT2D eigenvalue weighted by atomic mass is 9.88. The van der Waals surface area contributed by atoms with Crippen molar-refractivity contribution in [2.24, 2.45) is 0 Å². The summed E-state index contributed by atoms with van der Waals surface area (Å²) in [5, 5.41) is 0. The third kappa shape index (κ3) is 5.80. The second kappa shape index (κ2) is 9.35. The summed E-state index contributed by atoms with van der Waals surface area (Å²) >= 11 is 0. The van der Waals surface area contributed by atoms with Gasteiger partial charge in [-0.25, -0.2) is 0 Å². The van der Waals surface area contributed by atoms with Crippen LogP contribution in [0.1, 0.15) is 59.3 Å². The van der Waals surface area contributed by atoms with Crippen molar-refractivity contribution in [3.63, 3.8) is 0 Å². The normalized spacial score (nSPS) is 19.6. The van der Waals surface area contributed by atoms with Crippen molar-refractivity contribution in [2.45, 2.75) is 64.8 Å². The van der Waals surface area contributed by atoms with Crippen molar-refractivity contribution < 1.29 is 14.3 Å². The second-order valence-electron chi connectivity index (χ2n) is 5.89. The zero-order chi connectivity index (χ0) is 14.8. The molecule has 1 atom stereocenters. The molecular formula is C16H31NO3. The zero-order valence-electron chi connectivity index (χ0n) is 13.5. The molecule has 0 spiro atoms. The molecule has 1 saturated heterocycles. The van der Waals surface area contributed by atoms with Gasteiger partial charge in [0.1, 0.15) is 0 Å². The van der Waals surface area contributed by atoms with E-state index in [-0.39, 0.29) is 11.5 Å². The molecular weight excluding hydrogens is 254 g/mol. The minimum absolute atomic E-state index is 0.0722. The van der Waals surface area contributed by atoms with Gasteiger partial charge in [-0.15, -0.1) is 0 Å². The number of carbonyl (C=O) groups excluding carboxylic acids is 1. The highest BCUT2D eigenvalue weighted by molar-refractivity contribution is 5.70. The van der Waals surface area contributed by atoms with Gasteiger partial charge in [-0.2, -0.15) is 0 Å². The Morgan fingerprint density at radius 2 is 1.90 bits per heavy atom. The molecule has 0 aliphatic carbocycles. The highest BCUT2D eigenvalue weighted by atomic mass is 16.5. The summed E-state index contributed by atoms with van der Waals surface area (Å²) < 4.78 is 10.6. The Morgan fingerprint density at radius 3 is 2.50 bits per heavy atom. The van der Waals surface area contributed by atoms with Gasteiger partial charge < -0.3 is 9.47 Å². The van der Waals surface area contributed by atoms with E-state index >= 15 is 0 Å². The number of hydrogen-bond donors (Lipinski definition) is 0. The fraction of sp³-hybridized carbons (Fsp3) is 0.938. The number of esters is 1. The van der Waals surface area contributed by atoms with Gasteiger partial charge in [-0.3, -0.25) is 9.69 Å². The predicted octanol–water partition coefficient (Wildman–Crippen LogP) is 3.00. The SMILES string of the molecule is CCCCCCC(C)(CC(=O)OCC)N1CCOCC1. The fourth-order valence-corrected chi connectivity index (χ4v) is 2.92. The van der Waals surface area contributed by atoms with Gasteiger partial charge in [0.25, 0.3) is 0 Å². The summed E-state index contributed by atoms with van der Waals surface area (Å²) in [4.78, 5) is 14.3. The number of carbonyl (C=O) groups is 1. The van der Waals surface area contributed by atoms with E-state index in [4.69, 9.17) is 9.47 Å². The van der Waals surface area contributed by atoms with Crippen LogP contribution in [0.2, 0.25) is 0 Å². The number of morpholine rings is 1. The molecule has 1 aliphatic rings. The lowest BCUT2D eigenvalue weighted by Crippen LogP contribution is -2.52. The molecule has 118 valence electrons. The molecule has 0 aromatic rings. The van der Waals surface area contributed by atoms with E-state index in [2.05, 4.69) is 18.7 Å². The van der Waals surface area contributed by atoms with E-state index in [0.717, 1.165) is 32.7 Å². The standard InChI is InChI=1S/C16H31NO3/c1-4-6-7-8-9-16(3,14-15(18)20-5-2)17-10-12-19-13-11-17/h4-14H2,1-3H3. The molecule has 0 bridgehead atoms. The van der Waals surface area contributed by atoms with Crippen LogP contribution in [0.4, 0.5) is 0 Å². The van der Waals surface area contributed by atoms with Crippen LogP contribution in [-0.2, 0) is 14.3 Å². The maximum absolute atomic E-state index is 11.9. The van der Waals surface area contributed by atoms with Gasteiger partial charge in [0.05, 0.1) is 26.2 Å². The first-order valence-electron chi connectivity index (χ1n) is 8.11. The van der Waals surface area contributed by atoms with E-state index in [0.29, 0.717) is 13.0 Å². The lowest BCUT2D eigenvalue weighted by molar-refractivity contribution is -0.147. The number of ether oxygens (including phenoxy) is 2. The van der Waals surface area contributed by atoms with Crippen molar-refractivity contribution in [3.8, 4) is 0 Å². The van der Waals surface area contributed by atoms with E-state index in [1.807, 2.05) is 6.92 Å². The van der Waals surface area contributed by atoms with Crippen molar-refractivity contribution in [3.05, 3.63) is 0 Å². The first-order valence-corrected chi connectivity index (χ1v) is 8.11. The molecule has 0 aromatic heterocycles. The van der Waals surface area contributed by atoms with E-state index in [1.54, 1.807) is 0 Å². The Hall–Kier alpha value is -0.610. The van der Waals surface area contributed by atoms with E-state index in [1.165, 1.54) is 25.7 Å². The van der Waals surface area contributed by atoms with Gasteiger partial charge in [0.2, 0.25) is 0 Å². The van der Waals surface area contributed by atoms with Gasteiger partial charge in [-0.1, -0.05) is 32.6 Å². The van der Waals surface area contributed by atoms with Crippen molar-refractivity contribution in [1.82, 2.24) is 4.90 Å². The zero-order valence-corrected chi connectivity index (χ0v) is 13.5. The van der Waals surface area contributed by atoms with Gasteiger partial charge in [-0.05, 0) is 20.3 Å². The Morgan fingerprint density at radius 1 is 1.20 bits per heavy atom. The third-order valence-electron chi connectivity index (χ3n) is 4.17. The van der Waals surface area contributed by atoms with Crippen LogP contribution in [0.3, 0.4) is 0 Å². The molecule has 0 amide bonds. The molecule has 1 aliphatic heterocycles. The van der Waals surface area contributed by atoms with Crippen LogP contribution in [-0.4, -0.2) is 49.3 Å². The largest absolute Gasteiger partial charge is 0.466 e. The average Bonchev–Trinajstić information content (AvgIpc) is 2.45. The van der Waals surface area contributed by atoms with Crippen molar-refractivity contribution in [2.75, 3.05) is 32.9 Å². The highest BCUT2D eigenvalue weighted by Crippen LogP contribution is 2.28. The van der Waals surface area contributed by atoms with Gasteiger partial charge >= 0.3 is 5.97 Å². The second-order valence-corrected chi connectivity index (χ2v) is 5.89. The molecule has 4 nitrogen and oxygen atoms in total. The molecule has 4 heteroatoms. The number of hydrogen-bond acceptors (Lipinski definition) is 4. The first-order chi connectivity index (χ1) is 9.62. The Bertz CT molecular complexity index is 277. The molecule has 1 fully saturated rings. The molecule has 0 radical (unpaired) electrons. The molecule has 20 heavy (non-hydrogen) atoms. The van der Waals surface area contributed by atoms with Crippen LogP contribution < -0.4 is 0 Å². The summed E-state index contributed by atoms with van der Waals surface area (Å²) in [6, 6.07) is 0. The maximum atomic E-state index is 11.9. The Balaban J connectivity index is 2.57. The molecule has 1 heterocycles. The lowest BCUT2D eigenvalue weighted by Gasteiger charge is -2.43. The summed E-state index contributed by atoms with van der Waals surface area (Å²) in [6.07, 6.45) is 6.50. The predicted molar refractivity (Wildman–Crippen MR) is 80.8 cm³/mol. The highest BCUT2D eigenvalue weighted by Gasteiger charge is 2.35. The smallest absolute Gasteiger partial charge is 0.307 e. The minimum Gasteiger partial charge on any atom is -0.466 e. The third-order valence-corrected chi connectivity index (χ3v) is 4.17. The van der Waals surface area contributed by atoms with Gasteiger partial charge in [0, 0.05) is 18.6 Å². The van der Waals surface area contributed by atoms with Crippen LogP contribution >= 0.6 is 0 Å². The maximum Gasteiger partial charge on any atom is 0.307 e. The van der Waals surface area contributed by atoms with Crippen LogP contribution in [0, 0.1) is 0 Å². The topological polar surface area (TPSA) is 38.8 Å². The van der Waals surface area contributed by atoms with Crippen molar-refractivity contribution in [1.29, 1.82) is 0 Å². The molecule has 1 rings (SSSR count). The van der Waals surface area contributed by atoms with Crippen LogP contribution in [0.15, 0.2) is 0 Å². The molecule has 0 N–H and O–H groups in total.